The fourth-order valence-electron chi connectivity index (χ4n) is 3.35. The molecule has 0 aliphatic carbocycles. The molecule has 0 fully saturated rings. The first-order chi connectivity index (χ1) is 11.9. The highest BCUT2D eigenvalue weighted by atomic mass is 16.5. The van der Waals surface area contributed by atoms with Crippen LogP contribution in [0.4, 0.5) is 0 Å². The first kappa shape index (κ1) is 20.1. The van der Waals surface area contributed by atoms with Gasteiger partial charge in [-0.05, 0) is 67.1 Å². The molecule has 0 bridgehead atoms. The van der Waals surface area contributed by atoms with Crippen LogP contribution < -0.4 is 19.9 Å². The highest BCUT2D eigenvalue weighted by Gasteiger charge is 2.19. The van der Waals surface area contributed by atoms with Crippen molar-refractivity contribution in [2.24, 2.45) is 0 Å². The molecule has 0 N–H and O–H groups in total. The number of ether oxygens (including phenoxy) is 2. The zero-order valence-electron chi connectivity index (χ0n) is 17.5. The summed E-state index contributed by atoms with van der Waals surface area (Å²) in [6.07, 6.45) is 0. The summed E-state index contributed by atoms with van der Waals surface area (Å²) in [5.41, 5.74) is 2.28. The lowest BCUT2D eigenvalue weighted by Crippen LogP contribution is -2.26. The maximum Gasteiger partial charge on any atom is 0.119 e. The molecule has 0 saturated carbocycles. The standard InChI is InChI=1S/C24H32O2/c1-15-19(11-17(25-9)13-21(15)23(3,4)5)20-12-18(26-10)14-22(16(20)2)24(6,7)8/h11-14H,1-2H2,3-10H3/b20-19+. The highest BCUT2D eigenvalue weighted by molar-refractivity contribution is 5.42. The average molecular weight is 353 g/mol. The van der Waals surface area contributed by atoms with Crippen LogP contribution in [0.3, 0.4) is 0 Å². The van der Waals surface area contributed by atoms with Crippen LogP contribution in [-0.2, 0) is 10.8 Å². The van der Waals surface area contributed by atoms with Crippen molar-refractivity contribution < 1.29 is 9.47 Å². The van der Waals surface area contributed by atoms with E-state index in [4.69, 9.17) is 9.47 Å². The molecule has 2 aromatic rings. The first-order valence-electron chi connectivity index (χ1n) is 8.99. The van der Waals surface area contributed by atoms with Gasteiger partial charge in [0.2, 0.25) is 0 Å². The Hall–Kier alpha value is -2.22. The molecule has 0 radical (unpaired) electrons. The van der Waals surface area contributed by atoms with E-state index >= 15 is 0 Å². The van der Waals surface area contributed by atoms with Crippen molar-refractivity contribution in [2.45, 2.75) is 52.4 Å². The summed E-state index contributed by atoms with van der Waals surface area (Å²) in [5, 5.41) is 4.11. The second kappa shape index (κ2) is 6.83. The first-order valence-corrected chi connectivity index (χ1v) is 8.99. The number of rotatable bonds is 2. The molecule has 0 amide bonds. The van der Waals surface area contributed by atoms with Gasteiger partial charge in [-0.1, -0.05) is 54.7 Å². The van der Waals surface area contributed by atoms with E-state index in [9.17, 15) is 0 Å². The SMILES string of the molecule is C=c1c(C(C)(C)C)cc(OC)c/c1=c1/cc(OC)cc(C(C)(C)C)c1=C. The lowest BCUT2D eigenvalue weighted by Gasteiger charge is -2.22. The van der Waals surface area contributed by atoms with Crippen LogP contribution in [-0.4, -0.2) is 14.2 Å². The molecular formula is C24H32O2. The average Bonchev–Trinajstić information content (AvgIpc) is 2.53. The normalized spacial score (nSPS) is 13.5. The summed E-state index contributed by atoms with van der Waals surface area (Å²) in [4.78, 5) is 0. The quantitative estimate of drug-likeness (QED) is 0.797. The molecule has 2 aromatic carbocycles. The lowest BCUT2D eigenvalue weighted by molar-refractivity contribution is 0.411. The van der Waals surface area contributed by atoms with Gasteiger partial charge < -0.3 is 9.47 Å². The van der Waals surface area contributed by atoms with Gasteiger partial charge in [-0.25, -0.2) is 0 Å². The molecule has 0 saturated heterocycles. The lowest BCUT2D eigenvalue weighted by atomic mass is 9.83. The van der Waals surface area contributed by atoms with Crippen molar-refractivity contribution in [2.75, 3.05) is 14.2 Å². The minimum absolute atomic E-state index is 0.0343. The number of hydrogen-bond donors (Lipinski definition) is 0. The van der Waals surface area contributed by atoms with E-state index in [1.54, 1.807) is 14.2 Å². The van der Waals surface area contributed by atoms with E-state index in [2.05, 4.69) is 66.8 Å². The van der Waals surface area contributed by atoms with Gasteiger partial charge in [0.25, 0.3) is 0 Å². The molecule has 2 heteroatoms. The maximum atomic E-state index is 5.58. The third-order valence-corrected chi connectivity index (χ3v) is 4.82. The molecule has 0 spiro atoms. The third-order valence-electron chi connectivity index (χ3n) is 4.82. The van der Waals surface area contributed by atoms with E-state index in [1.165, 1.54) is 11.1 Å². The van der Waals surface area contributed by atoms with Crippen molar-refractivity contribution in [3.8, 4) is 11.5 Å². The van der Waals surface area contributed by atoms with Gasteiger partial charge >= 0.3 is 0 Å². The van der Waals surface area contributed by atoms with Crippen molar-refractivity contribution in [3.05, 3.63) is 56.3 Å². The Bertz CT molecular complexity index is 919. The van der Waals surface area contributed by atoms with Crippen LogP contribution in [0.5, 0.6) is 11.5 Å². The summed E-state index contributed by atoms with van der Waals surface area (Å²) in [6.45, 7) is 22.0. The van der Waals surface area contributed by atoms with Gasteiger partial charge in [0.1, 0.15) is 11.5 Å². The van der Waals surface area contributed by atoms with Gasteiger partial charge in [-0.2, -0.15) is 0 Å². The second-order valence-corrected chi connectivity index (χ2v) is 8.90. The second-order valence-electron chi connectivity index (χ2n) is 8.90. The molecule has 26 heavy (non-hydrogen) atoms. The topological polar surface area (TPSA) is 18.5 Å². The van der Waals surface area contributed by atoms with Gasteiger partial charge in [-0.3, -0.25) is 0 Å². The van der Waals surface area contributed by atoms with Crippen molar-refractivity contribution >= 4 is 13.2 Å². The molecule has 0 aliphatic heterocycles. The molecule has 2 nitrogen and oxygen atoms in total. The predicted octanol–water partition coefficient (Wildman–Crippen LogP) is 4.41. The molecule has 0 aliphatic rings. The summed E-state index contributed by atoms with van der Waals surface area (Å²) in [5.74, 6) is 1.66. The Morgan fingerprint density at radius 3 is 1.15 bits per heavy atom. The molecule has 0 aromatic heterocycles. The number of hydrogen-bond acceptors (Lipinski definition) is 2. The maximum absolute atomic E-state index is 5.58. The van der Waals surface area contributed by atoms with Crippen molar-refractivity contribution in [1.82, 2.24) is 0 Å². The van der Waals surface area contributed by atoms with Crippen LogP contribution in [0.15, 0.2) is 24.3 Å². The Morgan fingerprint density at radius 1 is 0.615 bits per heavy atom. The summed E-state index contributed by atoms with van der Waals surface area (Å²) in [6, 6.07) is 8.26. The summed E-state index contributed by atoms with van der Waals surface area (Å²) < 4.78 is 11.2. The van der Waals surface area contributed by atoms with E-state index in [1.807, 2.05) is 12.1 Å². The molecule has 0 unspecified atom stereocenters. The van der Waals surface area contributed by atoms with Gasteiger partial charge in [-0.15, -0.1) is 0 Å². The Labute approximate surface area is 157 Å². The fourth-order valence-corrected chi connectivity index (χ4v) is 3.35. The summed E-state index contributed by atoms with van der Waals surface area (Å²) in [7, 11) is 3.40. The zero-order valence-corrected chi connectivity index (χ0v) is 17.5. The molecular weight excluding hydrogens is 320 g/mol. The van der Waals surface area contributed by atoms with Crippen LogP contribution in [0, 0.1) is 10.4 Å². The highest BCUT2D eigenvalue weighted by Crippen LogP contribution is 2.25. The summed E-state index contributed by atoms with van der Waals surface area (Å²) >= 11 is 0. The Kier molecular flexibility index (Phi) is 5.28. The smallest absolute Gasteiger partial charge is 0.119 e. The van der Waals surface area contributed by atoms with E-state index in [0.717, 1.165) is 32.4 Å². The monoisotopic (exact) mass is 352 g/mol. The Balaban J connectivity index is 3.19. The zero-order chi connectivity index (χ0) is 19.9. The minimum atomic E-state index is -0.0343. The van der Waals surface area contributed by atoms with E-state index in [-0.39, 0.29) is 10.8 Å². The van der Waals surface area contributed by atoms with Crippen LogP contribution in [0.25, 0.3) is 13.2 Å². The largest absolute Gasteiger partial charge is 0.497 e. The third kappa shape index (κ3) is 3.80. The van der Waals surface area contributed by atoms with Crippen LogP contribution in [0.1, 0.15) is 52.7 Å². The van der Waals surface area contributed by atoms with E-state index < -0.39 is 0 Å². The molecule has 0 heterocycles. The molecule has 0 atom stereocenters. The van der Waals surface area contributed by atoms with Gasteiger partial charge in [0.15, 0.2) is 0 Å². The van der Waals surface area contributed by atoms with Gasteiger partial charge in [0.05, 0.1) is 14.2 Å². The van der Waals surface area contributed by atoms with Gasteiger partial charge in [0, 0.05) is 0 Å². The number of methoxy groups -OCH3 is 2. The van der Waals surface area contributed by atoms with Crippen LogP contribution >= 0.6 is 0 Å². The van der Waals surface area contributed by atoms with Crippen LogP contribution in [0.2, 0.25) is 0 Å². The minimum Gasteiger partial charge on any atom is -0.497 e. The predicted molar refractivity (Wildman–Crippen MR) is 111 cm³/mol. The number of benzene rings is 2. The fraction of sp³-hybridized carbons (Fsp3) is 0.417. The van der Waals surface area contributed by atoms with E-state index in [0.29, 0.717) is 0 Å². The Morgan fingerprint density at radius 2 is 0.923 bits per heavy atom. The molecule has 2 rings (SSSR count). The van der Waals surface area contributed by atoms with Crippen molar-refractivity contribution in [1.29, 1.82) is 0 Å². The molecule has 140 valence electrons. The van der Waals surface area contributed by atoms with Crippen molar-refractivity contribution in [3.63, 3.8) is 0 Å².